The van der Waals surface area contributed by atoms with Crippen molar-refractivity contribution in [2.45, 2.75) is 25.7 Å². The summed E-state index contributed by atoms with van der Waals surface area (Å²) in [5.41, 5.74) is 2.62. The second-order valence-corrected chi connectivity index (χ2v) is 10.2. The van der Waals surface area contributed by atoms with Gasteiger partial charge in [-0.05, 0) is 38.5 Å². The van der Waals surface area contributed by atoms with Crippen molar-refractivity contribution in [2.75, 3.05) is 31.1 Å². The molecule has 0 amide bonds. The Balaban J connectivity index is 1.52. The van der Waals surface area contributed by atoms with Crippen molar-refractivity contribution < 1.29 is 8.42 Å². The van der Waals surface area contributed by atoms with Crippen LogP contribution in [0.1, 0.15) is 17.0 Å². The van der Waals surface area contributed by atoms with E-state index in [1.165, 1.54) is 22.8 Å². The predicted octanol–water partition coefficient (Wildman–Crippen LogP) is 3.41. The average molecular weight is 481 g/mol. The molecule has 2 aromatic heterocycles. The SMILES string of the molecule is Cc1cc(S(=O)(=O)N2CCN(c3cc(-n4cnc(C)c4C)ncn3)CC2)c(Cl)cc1Cl. The number of imidazole rings is 1. The van der Waals surface area contributed by atoms with E-state index in [1.807, 2.05) is 29.4 Å². The number of benzene rings is 1. The summed E-state index contributed by atoms with van der Waals surface area (Å²) in [6.07, 6.45) is 3.25. The summed E-state index contributed by atoms with van der Waals surface area (Å²) in [6.45, 7) is 7.33. The molecule has 0 bridgehead atoms. The lowest BCUT2D eigenvalue weighted by Crippen LogP contribution is -2.49. The number of piperazine rings is 1. The lowest BCUT2D eigenvalue weighted by Gasteiger charge is -2.34. The first-order valence-corrected chi connectivity index (χ1v) is 11.9. The van der Waals surface area contributed by atoms with Crippen LogP contribution in [0.25, 0.3) is 5.82 Å². The minimum Gasteiger partial charge on any atom is -0.354 e. The Kier molecular flexibility index (Phi) is 5.95. The molecule has 0 atom stereocenters. The largest absolute Gasteiger partial charge is 0.354 e. The van der Waals surface area contributed by atoms with Crippen LogP contribution in [0.3, 0.4) is 0 Å². The zero-order chi connectivity index (χ0) is 22.3. The number of nitrogens with zero attached hydrogens (tertiary/aromatic N) is 6. The van der Waals surface area contributed by atoms with Crippen LogP contribution in [0.4, 0.5) is 5.82 Å². The van der Waals surface area contributed by atoms with Crippen LogP contribution < -0.4 is 4.90 Å². The maximum atomic E-state index is 13.1. The number of sulfonamides is 1. The molecule has 3 heterocycles. The fourth-order valence-corrected chi connectivity index (χ4v) is 5.73. The molecule has 1 aliphatic heterocycles. The quantitative estimate of drug-likeness (QED) is 0.568. The maximum Gasteiger partial charge on any atom is 0.244 e. The first-order chi connectivity index (χ1) is 14.7. The van der Waals surface area contributed by atoms with Crippen LogP contribution in [0.15, 0.2) is 35.7 Å². The van der Waals surface area contributed by atoms with Gasteiger partial charge >= 0.3 is 0 Å². The highest BCUT2D eigenvalue weighted by Gasteiger charge is 2.31. The topological polar surface area (TPSA) is 84.2 Å². The van der Waals surface area contributed by atoms with E-state index in [2.05, 4.69) is 15.0 Å². The van der Waals surface area contributed by atoms with Crippen LogP contribution in [-0.2, 0) is 10.0 Å². The van der Waals surface area contributed by atoms with Gasteiger partial charge in [-0.1, -0.05) is 23.2 Å². The summed E-state index contributed by atoms with van der Waals surface area (Å²) >= 11 is 12.3. The summed E-state index contributed by atoms with van der Waals surface area (Å²) in [5, 5.41) is 0.570. The highest BCUT2D eigenvalue weighted by atomic mass is 35.5. The number of halogens is 2. The lowest BCUT2D eigenvalue weighted by molar-refractivity contribution is 0.383. The Hall–Kier alpha value is -2.20. The summed E-state index contributed by atoms with van der Waals surface area (Å²) in [6, 6.07) is 4.89. The van der Waals surface area contributed by atoms with Crippen molar-refractivity contribution in [2.24, 2.45) is 0 Å². The van der Waals surface area contributed by atoms with Crippen LogP contribution in [-0.4, -0.2) is 58.4 Å². The first kappa shape index (κ1) is 22.0. The van der Waals surface area contributed by atoms with E-state index in [1.54, 1.807) is 13.3 Å². The van der Waals surface area contributed by atoms with Crippen LogP contribution >= 0.6 is 23.2 Å². The van der Waals surface area contributed by atoms with E-state index in [-0.39, 0.29) is 9.92 Å². The van der Waals surface area contributed by atoms with Gasteiger partial charge in [0, 0.05) is 43.0 Å². The molecule has 4 rings (SSSR count). The molecule has 0 N–H and O–H groups in total. The first-order valence-electron chi connectivity index (χ1n) is 9.72. The van der Waals surface area contributed by atoms with E-state index in [4.69, 9.17) is 23.2 Å². The highest BCUT2D eigenvalue weighted by Crippen LogP contribution is 2.31. The summed E-state index contributed by atoms with van der Waals surface area (Å²) in [5.74, 6) is 1.47. The molecule has 0 saturated carbocycles. The number of hydrogen-bond acceptors (Lipinski definition) is 6. The second-order valence-electron chi connectivity index (χ2n) is 7.44. The molecule has 31 heavy (non-hydrogen) atoms. The lowest BCUT2D eigenvalue weighted by atomic mass is 10.2. The van der Waals surface area contributed by atoms with Crippen molar-refractivity contribution in [1.82, 2.24) is 23.8 Å². The van der Waals surface area contributed by atoms with Crippen molar-refractivity contribution >= 4 is 39.0 Å². The Labute approximate surface area is 191 Å². The van der Waals surface area contributed by atoms with Crippen molar-refractivity contribution in [1.29, 1.82) is 0 Å². The number of anilines is 1. The molecule has 1 aliphatic rings. The van der Waals surface area contributed by atoms with Gasteiger partial charge in [-0.3, -0.25) is 4.57 Å². The third-order valence-corrected chi connectivity index (χ3v) is 8.30. The van der Waals surface area contributed by atoms with Crippen molar-refractivity contribution in [3.63, 3.8) is 0 Å². The van der Waals surface area contributed by atoms with E-state index in [9.17, 15) is 8.42 Å². The maximum absolute atomic E-state index is 13.1. The number of aromatic nitrogens is 4. The normalized spacial score (nSPS) is 15.5. The van der Waals surface area contributed by atoms with Crippen LogP contribution in [0.2, 0.25) is 10.0 Å². The molecule has 1 aromatic carbocycles. The van der Waals surface area contributed by atoms with Gasteiger partial charge in [-0.25, -0.2) is 23.4 Å². The smallest absolute Gasteiger partial charge is 0.244 e. The van der Waals surface area contributed by atoms with Crippen LogP contribution in [0.5, 0.6) is 0 Å². The third-order valence-electron chi connectivity index (χ3n) is 5.53. The second kappa shape index (κ2) is 8.38. The fourth-order valence-electron chi connectivity index (χ4n) is 3.50. The van der Waals surface area contributed by atoms with Gasteiger partial charge in [-0.15, -0.1) is 0 Å². The predicted molar refractivity (Wildman–Crippen MR) is 121 cm³/mol. The molecule has 0 unspecified atom stereocenters. The third kappa shape index (κ3) is 4.15. The van der Waals surface area contributed by atoms with Gasteiger partial charge in [0.2, 0.25) is 10.0 Å². The Bertz CT molecular complexity index is 1240. The number of aryl methyl sites for hydroxylation is 2. The summed E-state index contributed by atoms with van der Waals surface area (Å²) in [7, 11) is -3.72. The molecule has 0 spiro atoms. The minimum absolute atomic E-state index is 0.0831. The van der Waals surface area contributed by atoms with Gasteiger partial charge < -0.3 is 4.90 Å². The molecule has 0 aliphatic carbocycles. The van der Waals surface area contributed by atoms with Gasteiger partial charge in [0.1, 0.15) is 29.2 Å². The molecule has 3 aromatic rings. The van der Waals surface area contributed by atoms with E-state index < -0.39 is 10.0 Å². The Morgan fingerprint density at radius 1 is 0.871 bits per heavy atom. The molecule has 11 heteroatoms. The number of hydrogen-bond donors (Lipinski definition) is 0. The number of rotatable bonds is 4. The van der Waals surface area contributed by atoms with Gasteiger partial charge in [-0.2, -0.15) is 4.31 Å². The zero-order valence-corrected chi connectivity index (χ0v) is 19.7. The van der Waals surface area contributed by atoms with E-state index in [0.29, 0.717) is 36.8 Å². The van der Waals surface area contributed by atoms with Gasteiger partial charge in [0.25, 0.3) is 0 Å². The standard InChI is InChI=1S/C20H22Cl2N6O2S/c1-13-8-18(17(22)9-16(13)21)31(29,30)27-6-4-26(5-7-27)19-10-20(24-11-23-19)28-12-25-14(2)15(28)3/h8-12H,4-7H2,1-3H3. The van der Waals surface area contributed by atoms with Crippen molar-refractivity contribution in [3.8, 4) is 5.82 Å². The highest BCUT2D eigenvalue weighted by molar-refractivity contribution is 7.89. The van der Waals surface area contributed by atoms with E-state index >= 15 is 0 Å². The molecule has 8 nitrogen and oxygen atoms in total. The Morgan fingerprint density at radius 3 is 2.19 bits per heavy atom. The van der Waals surface area contributed by atoms with Crippen LogP contribution in [0, 0.1) is 20.8 Å². The van der Waals surface area contributed by atoms with Gasteiger partial charge in [0.05, 0.1) is 10.7 Å². The Morgan fingerprint density at radius 2 is 1.55 bits per heavy atom. The zero-order valence-electron chi connectivity index (χ0n) is 17.4. The van der Waals surface area contributed by atoms with Gasteiger partial charge in [0.15, 0.2) is 0 Å². The minimum atomic E-state index is -3.72. The summed E-state index contributed by atoms with van der Waals surface area (Å²) in [4.78, 5) is 15.2. The monoisotopic (exact) mass is 480 g/mol. The molecule has 0 radical (unpaired) electrons. The van der Waals surface area contributed by atoms with Crippen molar-refractivity contribution in [3.05, 3.63) is 57.9 Å². The molecular weight excluding hydrogens is 459 g/mol. The molecular formula is C20H22Cl2N6O2S. The average Bonchev–Trinajstić information content (AvgIpc) is 3.09. The van der Waals surface area contributed by atoms with E-state index in [0.717, 1.165) is 23.0 Å². The summed E-state index contributed by atoms with van der Waals surface area (Å²) < 4.78 is 29.6. The fraction of sp³-hybridized carbons (Fsp3) is 0.350. The molecule has 1 saturated heterocycles. The molecule has 164 valence electrons. The molecule has 1 fully saturated rings.